The Morgan fingerprint density at radius 3 is 3.22 bits per heavy atom. The lowest BCUT2D eigenvalue weighted by atomic mass is 10.4. The van der Waals surface area contributed by atoms with Crippen LogP contribution >= 0.6 is 11.8 Å². The van der Waals surface area contributed by atoms with Crippen LogP contribution in [0.2, 0.25) is 0 Å². The number of cyclic esters (lactones) is 1. The van der Waals surface area contributed by atoms with E-state index in [9.17, 15) is 4.79 Å². The maximum absolute atomic E-state index is 10.3. The second-order valence-electron chi connectivity index (χ2n) is 1.80. The number of thioether (sulfide) groups is 1. The van der Waals surface area contributed by atoms with Crippen LogP contribution < -0.4 is 5.32 Å². The molecule has 0 aliphatic carbocycles. The molecule has 0 saturated carbocycles. The average Bonchev–Trinajstić information content (AvgIpc) is 2.17. The molecule has 0 bridgehead atoms. The average molecular weight is 146 g/mol. The first kappa shape index (κ1) is 6.74. The van der Waals surface area contributed by atoms with E-state index in [2.05, 4.69) is 5.32 Å². The standard InChI is InChI=1S/C5H8NO2S/c1-9-3-4-2-6-5(7)8-4/h4H,2-3H2,1H3. The number of ether oxygens (including phenoxy) is 1. The number of rotatable bonds is 2. The molecule has 1 unspecified atom stereocenters. The van der Waals surface area contributed by atoms with E-state index < -0.39 is 6.09 Å². The SMILES string of the molecule is CSCC1C[N]C(=O)O1. The van der Waals surface area contributed by atoms with Crippen molar-refractivity contribution >= 4 is 17.9 Å². The highest BCUT2D eigenvalue weighted by Gasteiger charge is 2.23. The van der Waals surface area contributed by atoms with Gasteiger partial charge in [-0.1, -0.05) is 0 Å². The maximum atomic E-state index is 10.3. The number of hydrogen-bond donors (Lipinski definition) is 0. The first-order valence-corrected chi connectivity index (χ1v) is 4.09. The molecule has 9 heavy (non-hydrogen) atoms. The van der Waals surface area contributed by atoms with Crippen molar-refractivity contribution in [3.63, 3.8) is 0 Å². The van der Waals surface area contributed by atoms with Crippen LogP contribution in [0.1, 0.15) is 0 Å². The summed E-state index contributed by atoms with van der Waals surface area (Å²) >= 11 is 1.66. The summed E-state index contributed by atoms with van der Waals surface area (Å²) in [4.78, 5) is 10.3. The molecule has 51 valence electrons. The second-order valence-corrected chi connectivity index (χ2v) is 2.71. The van der Waals surface area contributed by atoms with Crippen LogP contribution in [0.4, 0.5) is 4.79 Å². The molecular formula is C5H8NO2S. The predicted octanol–water partition coefficient (Wildman–Crippen LogP) is 0.473. The third kappa shape index (κ3) is 1.78. The van der Waals surface area contributed by atoms with Crippen LogP contribution in [0.15, 0.2) is 0 Å². The molecule has 0 aromatic rings. The number of carbonyl (C=O) groups is 1. The van der Waals surface area contributed by atoms with Crippen molar-refractivity contribution in [3.8, 4) is 0 Å². The summed E-state index contributed by atoms with van der Waals surface area (Å²) in [6.45, 7) is 0.541. The highest BCUT2D eigenvalue weighted by Crippen LogP contribution is 2.06. The lowest BCUT2D eigenvalue weighted by molar-refractivity contribution is 0.150. The summed E-state index contributed by atoms with van der Waals surface area (Å²) < 4.78 is 4.78. The van der Waals surface area contributed by atoms with Gasteiger partial charge in [0.2, 0.25) is 0 Å². The summed E-state index contributed by atoms with van der Waals surface area (Å²) in [6.07, 6.45) is 1.60. The maximum Gasteiger partial charge on any atom is 0.429 e. The Labute approximate surface area is 58.1 Å². The third-order valence-corrected chi connectivity index (χ3v) is 1.75. The molecule has 0 aromatic carbocycles. The summed E-state index contributed by atoms with van der Waals surface area (Å²) in [5, 5.41) is 3.56. The quantitative estimate of drug-likeness (QED) is 0.568. The zero-order valence-electron chi connectivity index (χ0n) is 5.16. The van der Waals surface area contributed by atoms with Crippen molar-refractivity contribution in [2.24, 2.45) is 0 Å². The van der Waals surface area contributed by atoms with Gasteiger partial charge in [-0.2, -0.15) is 11.8 Å². The smallest absolute Gasteiger partial charge is 0.429 e. The predicted molar refractivity (Wildman–Crippen MR) is 35.7 cm³/mol. The molecule has 1 aliphatic heterocycles. The molecule has 0 N–H and O–H groups in total. The lowest BCUT2D eigenvalue weighted by Gasteiger charge is -2.01. The van der Waals surface area contributed by atoms with Crippen molar-refractivity contribution in [1.29, 1.82) is 0 Å². The Balaban J connectivity index is 2.22. The molecule has 1 aliphatic rings. The first-order chi connectivity index (χ1) is 4.33. The van der Waals surface area contributed by atoms with E-state index in [-0.39, 0.29) is 6.10 Å². The minimum atomic E-state index is -0.408. The number of carbonyl (C=O) groups excluding carboxylic acids is 1. The second kappa shape index (κ2) is 2.96. The summed E-state index contributed by atoms with van der Waals surface area (Å²) in [5.74, 6) is 0.856. The van der Waals surface area contributed by atoms with Crippen molar-refractivity contribution < 1.29 is 9.53 Å². The Hall–Kier alpha value is -0.380. The van der Waals surface area contributed by atoms with Gasteiger partial charge in [0.1, 0.15) is 6.10 Å². The molecule has 1 heterocycles. The third-order valence-electron chi connectivity index (χ3n) is 1.04. The lowest BCUT2D eigenvalue weighted by Crippen LogP contribution is -2.13. The van der Waals surface area contributed by atoms with Crippen LogP contribution in [0.3, 0.4) is 0 Å². The zero-order valence-corrected chi connectivity index (χ0v) is 5.98. The van der Waals surface area contributed by atoms with Gasteiger partial charge in [-0.15, -0.1) is 0 Å². The van der Waals surface area contributed by atoms with Crippen molar-refractivity contribution in [2.45, 2.75) is 6.10 Å². The molecule has 1 rings (SSSR count). The molecule has 3 nitrogen and oxygen atoms in total. The fraction of sp³-hybridized carbons (Fsp3) is 0.800. The zero-order chi connectivity index (χ0) is 6.69. The van der Waals surface area contributed by atoms with Crippen LogP contribution in [0.25, 0.3) is 0 Å². The van der Waals surface area contributed by atoms with Crippen molar-refractivity contribution in [2.75, 3.05) is 18.6 Å². The highest BCUT2D eigenvalue weighted by atomic mass is 32.2. The normalized spacial score (nSPS) is 25.4. The van der Waals surface area contributed by atoms with Gasteiger partial charge in [0, 0.05) is 5.75 Å². The van der Waals surface area contributed by atoms with E-state index in [0.29, 0.717) is 6.54 Å². The van der Waals surface area contributed by atoms with Crippen LogP contribution in [-0.4, -0.2) is 30.8 Å². The van der Waals surface area contributed by atoms with Gasteiger partial charge in [0.05, 0.1) is 6.54 Å². The minimum absolute atomic E-state index is 0.0347. The van der Waals surface area contributed by atoms with E-state index >= 15 is 0 Å². The van der Waals surface area contributed by atoms with E-state index in [1.807, 2.05) is 6.26 Å². The molecule has 1 fully saturated rings. The van der Waals surface area contributed by atoms with Gasteiger partial charge < -0.3 is 4.74 Å². The molecule has 1 atom stereocenters. The Bertz CT molecular complexity index is 118. The van der Waals surface area contributed by atoms with E-state index in [1.54, 1.807) is 11.8 Å². The van der Waals surface area contributed by atoms with Gasteiger partial charge in [0.15, 0.2) is 0 Å². The molecule has 4 heteroatoms. The minimum Gasteiger partial charge on any atom is -0.442 e. The van der Waals surface area contributed by atoms with E-state index in [4.69, 9.17) is 4.74 Å². The van der Waals surface area contributed by atoms with Gasteiger partial charge in [-0.3, -0.25) is 0 Å². The van der Waals surface area contributed by atoms with Crippen LogP contribution in [-0.2, 0) is 4.74 Å². The summed E-state index contributed by atoms with van der Waals surface area (Å²) in [6, 6.07) is 0. The van der Waals surface area contributed by atoms with E-state index in [0.717, 1.165) is 5.75 Å². The monoisotopic (exact) mass is 146 g/mol. The van der Waals surface area contributed by atoms with Gasteiger partial charge >= 0.3 is 6.09 Å². The molecular weight excluding hydrogens is 138 g/mol. The number of amides is 1. The summed E-state index contributed by atoms with van der Waals surface area (Å²) in [5.41, 5.74) is 0. The van der Waals surface area contributed by atoms with Gasteiger partial charge in [-0.05, 0) is 6.26 Å². The molecule has 1 saturated heterocycles. The summed E-state index contributed by atoms with van der Waals surface area (Å²) in [7, 11) is 0. The fourth-order valence-electron chi connectivity index (χ4n) is 0.666. The van der Waals surface area contributed by atoms with E-state index in [1.165, 1.54) is 0 Å². The molecule has 1 amide bonds. The van der Waals surface area contributed by atoms with Gasteiger partial charge in [-0.25, -0.2) is 10.1 Å². The Kier molecular flexibility index (Phi) is 2.22. The van der Waals surface area contributed by atoms with Crippen LogP contribution in [0, 0.1) is 0 Å². The Morgan fingerprint density at radius 1 is 2.00 bits per heavy atom. The largest absolute Gasteiger partial charge is 0.442 e. The number of nitrogens with zero attached hydrogens (tertiary/aromatic N) is 1. The van der Waals surface area contributed by atoms with Crippen molar-refractivity contribution in [3.05, 3.63) is 0 Å². The van der Waals surface area contributed by atoms with Crippen molar-refractivity contribution in [1.82, 2.24) is 5.32 Å². The first-order valence-electron chi connectivity index (χ1n) is 2.70. The molecule has 0 aromatic heterocycles. The number of hydrogen-bond acceptors (Lipinski definition) is 3. The van der Waals surface area contributed by atoms with Crippen LogP contribution in [0.5, 0.6) is 0 Å². The Morgan fingerprint density at radius 2 is 2.78 bits per heavy atom. The topological polar surface area (TPSA) is 40.4 Å². The molecule has 0 spiro atoms. The fourth-order valence-corrected chi connectivity index (χ4v) is 1.21. The highest BCUT2D eigenvalue weighted by molar-refractivity contribution is 7.98. The molecule has 1 radical (unpaired) electrons. The van der Waals surface area contributed by atoms with Gasteiger partial charge in [0.25, 0.3) is 0 Å².